The molecule has 0 saturated heterocycles. The van der Waals surface area contributed by atoms with Crippen molar-refractivity contribution in [1.82, 2.24) is 0 Å². The molecule has 0 saturated carbocycles. The Labute approximate surface area is 343 Å². The molecule has 1 spiro atoms. The number of nitrogens with zero attached hydrogens (tertiary/aromatic N) is 1. The lowest BCUT2D eigenvalue weighted by Crippen LogP contribution is -2.32. The molecular formula is C57H37NO. The van der Waals surface area contributed by atoms with Crippen LogP contribution in [-0.4, -0.2) is 0 Å². The van der Waals surface area contributed by atoms with Crippen LogP contribution in [0.1, 0.15) is 22.3 Å². The molecule has 0 N–H and O–H groups in total. The molecule has 2 nitrogen and oxygen atoms in total. The van der Waals surface area contributed by atoms with E-state index in [1.807, 2.05) is 0 Å². The molecule has 2 heteroatoms. The summed E-state index contributed by atoms with van der Waals surface area (Å²) in [5.74, 6) is 1.84. The Balaban J connectivity index is 1.18. The SMILES string of the molecule is c1ccc(-c2ccc(N(c3ccccc3-c3ccccc3)c3cccc4c3-c3ccccc3C43c4ccc5ccccc5c4Oc4c3ccc3ccccc43)cc2)cc1. The minimum Gasteiger partial charge on any atom is -0.455 e. The van der Waals surface area contributed by atoms with E-state index in [-0.39, 0.29) is 0 Å². The van der Waals surface area contributed by atoms with Crippen LogP contribution in [0.25, 0.3) is 54.9 Å². The lowest BCUT2D eigenvalue weighted by atomic mass is 9.65. The maximum atomic E-state index is 7.24. The third-order valence-electron chi connectivity index (χ3n) is 12.5. The molecule has 1 heterocycles. The van der Waals surface area contributed by atoms with Crippen molar-refractivity contribution < 1.29 is 4.74 Å². The smallest absolute Gasteiger partial charge is 0.140 e. The molecule has 1 aliphatic heterocycles. The third kappa shape index (κ3) is 4.93. The van der Waals surface area contributed by atoms with Crippen LogP contribution in [0.4, 0.5) is 17.1 Å². The highest BCUT2D eigenvalue weighted by atomic mass is 16.5. The Hall–Kier alpha value is -7.68. The van der Waals surface area contributed by atoms with Gasteiger partial charge in [-0.15, -0.1) is 0 Å². The quantitative estimate of drug-likeness (QED) is 0.174. The molecule has 0 aromatic heterocycles. The minimum atomic E-state index is -0.652. The molecule has 1 aliphatic carbocycles. The van der Waals surface area contributed by atoms with Crippen LogP contribution < -0.4 is 9.64 Å². The number of hydrogen-bond acceptors (Lipinski definition) is 2. The molecular weight excluding hydrogens is 715 g/mol. The van der Waals surface area contributed by atoms with Crippen molar-refractivity contribution in [2.75, 3.05) is 4.90 Å². The van der Waals surface area contributed by atoms with Gasteiger partial charge in [-0.1, -0.05) is 200 Å². The monoisotopic (exact) mass is 751 g/mol. The van der Waals surface area contributed by atoms with Crippen molar-refractivity contribution in [1.29, 1.82) is 0 Å². The molecule has 0 amide bonds. The van der Waals surface area contributed by atoms with Gasteiger partial charge in [-0.05, 0) is 68.4 Å². The topological polar surface area (TPSA) is 12.5 Å². The molecule has 59 heavy (non-hydrogen) atoms. The number of ether oxygens (including phenoxy) is 1. The molecule has 0 atom stereocenters. The van der Waals surface area contributed by atoms with Crippen LogP contribution in [-0.2, 0) is 5.41 Å². The van der Waals surface area contributed by atoms with Crippen LogP contribution in [0.15, 0.2) is 224 Å². The van der Waals surface area contributed by atoms with E-state index in [1.165, 1.54) is 44.5 Å². The van der Waals surface area contributed by atoms with Gasteiger partial charge >= 0.3 is 0 Å². The maximum absolute atomic E-state index is 7.24. The summed E-state index contributed by atoms with van der Waals surface area (Å²) in [6.45, 7) is 0. The predicted octanol–water partition coefficient (Wildman–Crippen LogP) is 15.3. The normalized spacial score (nSPS) is 13.0. The second-order valence-electron chi connectivity index (χ2n) is 15.6. The largest absolute Gasteiger partial charge is 0.455 e. The molecule has 10 aromatic carbocycles. The zero-order valence-electron chi connectivity index (χ0n) is 32.2. The molecule has 0 unspecified atom stereocenters. The van der Waals surface area contributed by atoms with Crippen molar-refractivity contribution >= 4 is 38.6 Å². The van der Waals surface area contributed by atoms with Crippen LogP contribution in [0.5, 0.6) is 11.5 Å². The molecule has 0 bridgehead atoms. The lowest BCUT2D eigenvalue weighted by Gasteiger charge is -2.40. The second kappa shape index (κ2) is 13.2. The van der Waals surface area contributed by atoms with E-state index >= 15 is 0 Å². The van der Waals surface area contributed by atoms with E-state index in [0.29, 0.717) is 0 Å². The van der Waals surface area contributed by atoms with Gasteiger partial charge in [-0.25, -0.2) is 0 Å². The molecule has 12 rings (SSSR count). The van der Waals surface area contributed by atoms with Crippen molar-refractivity contribution in [3.05, 3.63) is 247 Å². The zero-order valence-corrected chi connectivity index (χ0v) is 32.2. The lowest BCUT2D eigenvalue weighted by molar-refractivity contribution is 0.447. The first-order valence-corrected chi connectivity index (χ1v) is 20.3. The average Bonchev–Trinajstić information content (AvgIpc) is 3.61. The number of fused-ring (bicyclic) bond motifs is 13. The van der Waals surface area contributed by atoms with Crippen LogP contribution in [0.2, 0.25) is 0 Å². The fourth-order valence-corrected chi connectivity index (χ4v) is 9.99. The van der Waals surface area contributed by atoms with Crippen molar-refractivity contribution in [2.24, 2.45) is 0 Å². The van der Waals surface area contributed by atoms with Gasteiger partial charge in [0.1, 0.15) is 11.5 Å². The number of hydrogen-bond donors (Lipinski definition) is 0. The summed E-state index contributed by atoms with van der Waals surface area (Å²) >= 11 is 0. The first-order chi connectivity index (χ1) is 29.3. The summed E-state index contributed by atoms with van der Waals surface area (Å²) in [6.07, 6.45) is 0. The Morgan fingerprint density at radius 3 is 1.51 bits per heavy atom. The van der Waals surface area contributed by atoms with E-state index in [0.717, 1.165) is 61.2 Å². The van der Waals surface area contributed by atoms with Gasteiger partial charge in [-0.3, -0.25) is 0 Å². The Morgan fingerprint density at radius 1 is 0.322 bits per heavy atom. The van der Waals surface area contributed by atoms with E-state index in [4.69, 9.17) is 4.74 Å². The zero-order chi connectivity index (χ0) is 38.9. The molecule has 2 aliphatic rings. The Kier molecular flexibility index (Phi) is 7.48. The first kappa shape index (κ1) is 33.5. The Morgan fingerprint density at radius 2 is 0.831 bits per heavy atom. The molecule has 276 valence electrons. The number of para-hydroxylation sites is 1. The van der Waals surface area contributed by atoms with Crippen LogP contribution in [0, 0.1) is 0 Å². The van der Waals surface area contributed by atoms with Crippen molar-refractivity contribution in [2.45, 2.75) is 5.41 Å². The van der Waals surface area contributed by atoms with Gasteiger partial charge in [0.2, 0.25) is 0 Å². The van der Waals surface area contributed by atoms with Gasteiger partial charge in [-0.2, -0.15) is 0 Å². The van der Waals surface area contributed by atoms with Gasteiger partial charge in [0, 0.05) is 38.7 Å². The van der Waals surface area contributed by atoms with E-state index in [2.05, 4.69) is 229 Å². The van der Waals surface area contributed by atoms with Gasteiger partial charge in [0.15, 0.2) is 0 Å². The van der Waals surface area contributed by atoms with Gasteiger partial charge in [0.25, 0.3) is 0 Å². The summed E-state index contributed by atoms with van der Waals surface area (Å²) in [7, 11) is 0. The van der Waals surface area contributed by atoms with Crippen LogP contribution >= 0.6 is 0 Å². The predicted molar refractivity (Wildman–Crippen MR) is 244 cm³/mol. The van der Waals surface area contributed by atoms with Gasteiger partial charge < -0.3 is 9.64 Å². The summed E-state index contributed by atoms with van der Waals surface area (Å²) in [5, 5.41) is 4.55. The van der Waals surface area contributed by atoms with E-state index < -0.39 is 5.41 Å². The minimum absolute atomic E-state index is 0.652. The highest BCUT2D eigenvalue weighted by molar-refractivity contribution is 6.03. The number of anilines is 3. The maximum Gasteiger partial charge on any atom is 0.140 e. The van der Waals surface area contributed by atoms with Gasteiger partial charge in [0.05, 0.1) is 16.8 Å². The number of benzene rings is 10. The number of rotatable bonds is 5. The molecule has 0 fully saturated rings. The fourth-order valence-electron chi connectivity index (χ4n) is 9.99. The standard InChI is InChI=1S/C57H37NO/c1-3-16-38(17-4-1)39-30-34-43(35-31-39)58(52-28-14-12-22-44(52)40-18-5-2-6-19-40)53-29-15-27-49-54(53)47-25-11-13-26-48(47)57(49)50-36-32-41-20-7-9-23-45(41)55(50)59-56-46-24-10-8-21-42(46)33-37-51(56)57/h1-37H. The first-order valence-electron chi connectivity index (χ1n) is 20.3. The highest BCUT2D eigenvalue weighted by Gasteiger charge is 2.52. The fraction of sp³-hybridized carbons (Fsp3) is 0.0175. The van der Waals surface area contributed by atoms with E-state index in [9.17, 15) is 0 Å². The second-order valence-corrected chi connectivity index (χ2v) is 15.6. The molecule has 10 aromatic rings. The highest BCUT2D eigenvalue weighted by Crippen LogP contribution is 2.65. The molecule has 0 radical (unpaired) electrons. The summed E-state index contributed by atoms with van der Waals surface area (Å²) < 4.78 is 7.24. The van der Waals surface area contributed by atoms with Crippen molar-refractivity contribution in [3.63, 3.8) is 0 Å². The summed E-state index contributed by atoms with van der Waals surface area (Å²) in [5.41, 5.74) is 14.7. The van der Waals surface area contributed by atoms with Crippen molar-refractivity contribution in [3.8, 4) is 44.9 Å². The summed E-state index contributed by atoms with van der Waals surface area (Å²) in [6, 6.07) is 81.7. The Bertz CT molecular complexity index is 3160. The average molecular weight is 752 g/mol. The van der Waals surface area contributed by atoms with Crippen LogP contribution in [0.3, 0.4) is 0 Å². The van der Waals surface area contributed by atoms with E-state index in [1.54, 1.807) is 0 Å². The third-order valence-corrected chi connectivity index (χ3v) is 12.5. The summed E-state index contributed by atoms with van der Waals surface area (Å²) in [4.78, 5) is 2.48.